The van der Waals surface area contributed by atoms with Gasteiger partial charge in [-0.15, -0.1) is 0 Å². The summed E-state index contributed by atoms with van der Waals surface area (Å²) in [5, 5.41) is 6.75. The second-order valence-corrected chi connectivity index (χ2v) is 7.32. The first-order valence-electron chi connectivity index (χ1n) is 10.6. The van der Waals surface area contributed by atoms with Crippen LogP contribution in [0.1, 0.15) is 58.3 Å². The van der Waals surface area contributed by atoms with Crippen LogP contribution >= 0.6 is 0 Å². The van der Waals surface area contributed by atoms with Crippen LogP contribution in [-0.4, -0.2) is 77.1 Å². The number of rotatable bonds is 15. The maximum Gasteiger partial charge on any atom is 0.191 e. The standard InChI is InChI=1S/C20H42N4O2/c1-4-21-20(22-13-8-6-5-7-9-15-24(2)3)23-14-11-16-25-18-19-12-10-17-26-19/h19H,4-18H2,1-3H3,(H2,21,22,23). The van der Waals surface area contributed by atoms with Crippen LogP contribution in [0.25, 0.3) is 0 Å². The van der Waals surface area contributed by atoms with Crippen LogP contribution in [-0.2, 0) is 9.47 Å². The monoisotopic (exact) mass is 370 g/mol. The van der Waals surface area contributed by atoms with Crippen molar-refractivity contribution in [1.82, 2.24) is 15.5 Å². The van der Waals surface area contributed by atoms with Crippen molar-refractivity contribution in [2.75, 3.05) is 60.1 Å². The molecular formula is C20H42N4O2. The molecular weight excluding hydrogens is 328 g/mol. The smallest absolute Gasteiger partial charge is 0.191 e. The molecule has 6 nitrogen and oxygen atoms in total. The molecule has 1 fully saturated rings. The molecule has 6 heteroatoms. The molecule has 0 aromatic carbocycles. The van der Waals surface area contributed by atoms with E-state index in [2.05, 4.69) is 41.5 Å². The highest BCUT2D eigenvalue weighted by Gasteiger charge is 2.14. The molecule has 0 saturated carbocycles. The van der Waals surface area contributed by atoms with Crippen LogP contribution in [0.3, 0.4) is 0 Å². The van der Waals surface area contributed by atoms with Crippen LogP contribution in [0.2, 0.25) is 0 Å². The number of nitrogens with one attached hydrogen (secondary N) is 2. The Morgan fingerprint density at radius 1 is 1.12 bits per heavy atom. The average Bonchev–Trinajstić information content (AvgIpc) is 3.13. The van der Waals surface area contributed by atoms with Gasteiger partial charge in [0.2, 0.25) is 0 Å². The summed E-state index contributed by atoms with van der Waals surface area (Å²) in [5.41, 5.74) is 0. The first kappa shape index (κ1) is 23.2. The Kier molecular flexibility index (Phi) is 14.6. The average molecular weight is 371 g/mol. The quantitative estimate of drug-likeness (QED) is 0.264. The Labute approximate surface area is 161 Å². The highest BCUT2D eigenvalue weighted by molar-refractivity contribution is 5.79. The van der Waals surface area contributed by atoms with Gasteiger partial charge in [-0.05, 0) is 59.7 Å². The fraction of sp³-hybridized carbons (Fsp3) is 0.950. The highest BCUT2D eigenvalue weighted by atomic mass is 16.5. The van der Waals surface area contributed by atoms with E-state index in [1.165, 1.54) is 45.1 Å². The van der Waals surface area contributed by atoms with Gasteiger partial charge in [0, 0.05) is 32.8 Å². The Morgan fingerprint density at radius 3 is 2.65 bits per heavy atom. The fourth-order valence-corrected chi connectivity index (χ4v) is 2.98. The number of unbranched alkanes of at least 4 members (excludes halogenated alkanes) is 4. The van der Waals surface area contributed by atoms with Gasteiger partial charge in [-0.3, -0.25) is 4.99 Å². The van der Waals surface area contributed by atoms with E-state index < -0.39 is 0 Å². The van der Waals surface area contributed by atoms with Crippen molar-refractivity contribution in [2.24, 2.45) is 4.99 Å². The zero-order valence-electron chi connectivity index (χ0n) is 17.4. The zero-order valence-corrected chi connectivity index (χ0v) is 17.4. The van der Waals surface area contributed by atoms with E-state index in [0.717, 1.165) is 58.3 Å². The van der Waals surface area contributed by atoms with Gasteiger partial charge in [0.1, 0.15) is 0 Å². The van der Waals surface area contributed by atoms with Crippen LogP contribution < -0.4 is 10.6 Å². The van der Waals surface area contributed by atoms with Gasteiger partial charge >= 0.3 is 0 Å². The first-order chi connectivity index (χ1) is 12.7. The summed E-state index contributed by atoms with van der Waals surface area (Å²) in [6.45, 7) is 8.38. The molecule has 1 atom stereocenters. The normalized spacial score (nSPS) is 17.8. The van der Waals surface area contributed by atoms with Crippen LogP contribution in [0.4, 0.5) is 0 Å². The van der Waals surface area contributed by atoms with Gasteiger partial charge in [-0.25, -0.2) is 0 Å². The Hall–Kier alpha value is -0.850. The second-order valence-electron chi connectivity index (χ2n) is 7.32. The van der Waals surface area contributed by atoms with E-state index in [1.807, 2.05) is 0 Å². The number of aliphatic imine (C=N–C) groups is 1. The summed E-state index contributed by atoms with van der Waals surface area (Å²) < 4.78 is 11.2. The van der Waals surface area contributed by atoms with Crippen molar-refractivity contribution >= 4 is 5.96 Å². The molecule has 0 bridgehead atoms. The lowest BCUT2D eigenvalue weighted by atomic mass is 10.1. The van der Waals surface area contributed by atoms with Gasteiger partial charge in [0.15, 0.2) is 5.96 Å². The molecule has 0 aromatic heterocycles. The minimum absolute atomic E-state index is 0.320. The summed E-state index contributed by atoms with van der Waals surface area (Å²) in [6.07, 6.45) is 10.0. The van der Waals surface area contributed by atoms with Gasteiger partial charge in [0.05, 0.1) is 12.7 Å². The van der Waals surface area contributed by atoms with E-state index in [4.69, 9.17) is 9.47 Å². The van der Waals surface area contributed by atoms with Crippen molar-refractivity contribution in [3.8, 4) is 0 Å². The third-order valence-electron chi connectivity index (χ3n) is 4.46. The molecule has 1 aliphatic rings. The fourth-order valence-electron chi connectivity index (χ4n) is 2.98. The van der Waals surface area contributed by atoms with E-state index in [9.17, 15) is 0 Å². The summed E-state index contributed by atoms with van der Waals surface area (Å²) >= 11 is 0. The number of nitrogens with zero attached hydrogens (tertiary/aromatic N) is 2. The molecule has 154 valence electrons. The molecule has 1 aliphatic heterocycles. The molecule has 1 unspecified atom stereocenters. The molecule has 0 aliphatic carbocycles. The number of guanidine groups is 1. The summed E-state index contributed by atoms with van der Waals surface area (Å²) in [6, 6.07) is 0. The van der Waals surface area contributed by atoms with Crippen LogP contribution in [0.15, 0.2) is 4.99 Å². The Morgan fingerprint density at radius 2 is 1.92 bits per heavy atom. The minimum Gasteiger partial charge on any atom is -0.379 e. The molecule has 1 rings (SSSR count). The number of ether oxygens (including phenoxy) is 2. The van der Waals surface area contributed by atoms with Crippen LogP contribution in [0, 0.1) is 0 Å². The van der Waals surface area contributed by atoms with Crippen molar-refractivity contribution in [3.63, 3.8) is 0 Å². The van der Waals surface area contributed by atoms with Crippen molar-refractivity contribution in [2.45, 2.75) is 64.4 Å². The topological polar surface area (TPSA) is 58.1 Å². The lowest BCUT2D eigenvalue weighted by molar-refractivity contribution is 0.0171. The molecule has 26 heavy (non-hydrogen) atoms. The zero-order chi connectivity index (χ0) is 18.9. The first-order valence-corrected chi connectivity index (χ1v) is 10.6. The van der Waals surface area contributed by atoms with Crippen molar-refractivity contribution in [3.05, 3.63) is 0 Å². The van der Waals surface area contributed by atoms with Gasteiger partial charge in [-0.1, -0.05) is 19.3 Å². The third kappa shape index (κ3) is 13.4. The summed E-state index contributed by atoms with van der Waals surface area (Å²) in [5.74, 6) is 0.930. The third-order valence-corrected chi connectivity index (χ3v) is 4.46. The van der Waals surface area contributed by atoms with E-state index >= 15 is 0 Å². The highest BCUT2D eigenvalue weighted by Crippen LogP contribution is 2.11. The maximum absolute atomic E-state index is 5.68. The van der Waals surface area contributed by atoms with E-state index in [1.54, 1.807) is 0 Å². The van der Waals surface area contributed by atoms with E-state index in [0.29, 0.717) is 6.10 Å². The Balaban J connectivity index is 1.98. The lowest BCUT2D eigenvalue weighted by Crippen LogP contribution is -2.37. The number of hydrogen-bond acceptors (Lipinski definition) is 4. The number of hydrogen-bond donors (Lipinski definition) is 2. The molecule has 0 radical (unpaired) electrons. The predicted molar refractivity (Wildman–Crippen MR) is 110 cm³/mol. The second kappa shape index (κ2) is 16.3. The molecule has 1 heterocycles. The van der Waals surface area contributed by atoms with Gasteiger partial charge in [0.25, 0.3) is 0 Å². The molecule has 0 amide bonds. The summed E-state index contributed by atoms with van der Waals surface area (Å²) in [7, 11) is 4.28. The lowest BCUT2D eigenvalue weighted by Gasteiger charge is -2.12. The van der Waals surface area contributed by atoms with Crippen molar-refractivity contribution in [1.29, 1.82) is 0 Å². The maximum atomic E-state index is 5.68. The Bertz CT molecular complexity index is 345. The molecule has 1 saturated heterocycles. The van der Waals surface area contributed by atoms with Gasteiger partial charge in [-0.2, -0.15) is 0 Å². The van der Waals surface area contributed by atoms with E-state index in [-0.39, 0.29) is 0 Å². The SMILES string of the molecule is CCNC(=NCCCOCC1CCCO1)NCCCCCCCN(C)C. The predicted octanol–water partition coefficient (Wildman–Crippen LogP) is 2.64. The molecule has 0 aromatic rings. The largest absolute Gasteiger partial charge is 0.379 e. The summed E-state index contributed by atoms with van der Waals surface area (Å²) in [4.78, 5) is 6.89. The molecule has 0 spiro atoms. The van der Waals surface area contributed by atoms with Crippen LogP contribution in [0.5, 0.6) is 0 Å². The minimum atomic E-state index is 0.320. The van der Waals surface area contributed by atoms with Gasteiger partial charge < -0.3 is 25.0 Å². The molecule has 2 N–H and O–H groups in total. The van der Waals surface area contributed by atoms with Crippen molar-refractivity contribution < 1.29 is 9.47 Å².